The molecule has 2 heterocycles. The Morgan fingerprint density at radius 1 is 1.35 bits per heavy atom. The molecular weight excluding hydrogens is 258 g/mol. The van der Waals surface area contributed by atoms with Crippen molar-refractivity contribution in [3.63, 3.8) is 0 Å². The molecule has 7 heteroatoms. The predicted octanol–water partition coefficient (Wildman–Crippen LogP) is 0.908. The summed E-state index contributed by atoms with van der Waals surface area (Å²) in [5.74, 6) is 1.33. The van der Waals surface area contributed by atoms with Crippen LogP contribution < -0.4 is 15.0 Å². The number of rotatable bonds is 4. The van der Waals surface area contributed by atoms with Gasteiger partial charge >= 0.3 is 6.01 Å². The smallest absolute Gasteiger partial charge is 0.323 e. The standard InChI is InChI=1S/C13H23N5O2/c1-8(2)20-13-16-11(14-4)15-12(17-13)18-6-5-9(3)10(19)7-18/h8-10,19H,5-7H2,1-4H3,(H,14,15,16,17). The van der Waals surface area contributed by atoms with Gasteiger partial charge in [-0.3, -0.25) is 0 Å². The Labute approximate surface area is 119 Å². The molecule has 0 amide bonds. The van der Waals surface area contributed by atoms with Crippen molar-refractivity contribution in [3.8, 4) is 6.01 Å². The van der Waals surface area contributed by atoms with Gasteiger partial charge in [-0.05, 0) is 26.2 Å². The van der Waals surface area contributed by atoms with E-state index >= 15 is 0 Å². The summed E-state index contributed by atoms with van der Waals surface area (Å²) < 4.78 is 5.54. The Morgan fingerprint density at radius 2 is 2.10 bits per heavy atom. The number of piperidine rings is 1. The molecule has 20 heavy (non-hydrogen) atoms. The first kappa shape index (κ1) is 14.8. The van der Waals surface area contributed by atoms with Crippen LogP contribution in [-0.2, 0) is 0 Å². The van der Waals surface area contributed by atoms with E-state index in [0.717, 1.165) is 13.0 Å². The zero-order chi connectivity index (χ0) is 14.7. The monoisotopic (exact) mass is 281 g/mol. The number of hydrogen-bond acceptors (Lipinski definition) is 7. The Morgan fingerprint density at radius 3 is 2.70 bits per heavy atom. The summed E-state index contributed by atoms with van der Waals surface area (Å²) >= 11 is 0. The number of aliphatic hydroxyl groups excluding tert-OH is 1. The van der Waals surface area contributed by atoms with E-state index < -0.39 is 0 Å². The minimum atomic E-state index is -0.354. The highest BCUT2D eigenvalue weighted by atomic mass is 16.5. The van der Waals surface area contributed by atoms with E-state index in [1.54, 1.807) is 7.05 Å². The maximum Gasteiger partial charge on any atom is 0.323 e. The molecule has 0 saturated carbocycles. The predicted molar refractivity (Wildman–Crippen MR) is 77.1 cm³/mol. The van der Waals surface area contributed by atoms with Crippen molar-refractivity contribution in [3.05, 3.63) is 0 Å². The van der Waals surface area contributed by atoms with Gasteiger partial charge in [-0.15, -0.1) is 0 Å². The lowest BCUT2D eigenvalue weighted by Gasteiger charge is -2.34. The minimum Gasteiger partial charge on any atom is -0.461 e. The van der Waals surface area contributed by atoms with Crippen molar-refractivity contribution in [2.75, 3.05) is 30.4 Å². The fraction of sp³-hybridized carbons (Fsp3) is 0.769. The van der Waals surface area contributed by atoms with Crippen LogP contribution in [-0.4, -0.2) is 52.4 Å². The molecule has 2 unspecified atom stereocenters. The summed E-state index contributed by atoms with van der Waals surface area (Å²) in [5, 5.41) is 12.9. The minimum absolute atomic E-state index is 0.00178. The number of hydrogen-bond donors (Lipinski definition) is 2. The van der Waals surface area contributed by atoms with Gasteiger partial charge in [0.1, 0.15) is 0 Å². The molecule has 1 aliphatic rings. The van der Waals surface area contributed by atoms with E-state index in [4.69, 9.17) is 4.74 Å². The Hall–Kier alpha value is -1.63. The second-order valence-electron chi connectivity index (χ2n) is 5.44. The van der Waals surface area contributed by atoms with Crippen molar-refractivity contribution in [2.45, 2.75) is 39.4 Å². The van der Waals surface area contributed by atoms with Gasteiger partial charge in [-0.2, -0.15) is 15.0 Å². The molecule has 1 aliphatic heterocycles. The molecule has 2 N–H and O–H groups in total. The zero-order valence-electron chi connectivity index (χ0n) is 12.5. The van der Waals surface area contributed by atoms with E-state index in [0.29, 0.717) is 30.4 Å². The first-order valence-corrected chi connectivity index (χ1v) is 7.03. The van der Waals surface area contributed by atoms with Crippen molar-refractivity contribution in [1.29, 1.82) is 0 Å². The van der Waals surface area contributed by atoms with Crippen LogP contribution in [0.15, 0.2) is 0 Å². The molecular formula is C13H23N5O2. The van der Waals surface area contributed by atoms with Gasteiger partial charge in [0, 0.05) is 20.1 Å². The van der Waals surface area contributed by atoms with E-state index in [-0.39, 0.29) is 12.2 Å². The normalized spacial score (nSPS) is 23.0. The SMILES string of the molecule is CNc1nc(OC(C)C)nc(N2CCC(C)C(O)C2)n1. The van der Waals surface area contributed by atoms with Gasteiger partial charge in [0.2, 0.25) is 11.9 Å². The summed E-state index contributed by atoms with van der Waals surface area (Å²) in [5.41, 5.74) is 0. The second-order valence-corrected chi connectivity index (χ2v) is 5.44. The number of nitrogens with zero attached hydrogens (tertiary/aromatic N) is 4. The van der Waals surface area contributed by atoms with Crippen molar-refractivity contribution in [1.82, 2.24) is 15.0 Å². The fourth-order valence-corrected chi connectivity index (χ4v) is 2.09. The van der Waals surface area contributed by atoms with E-state index in [2.05, 4.69) is 27.2 Å². The molecule has 2 rings (SSSR count). The number of anilines is 2. The molecule has 1 aromatic rings. The molecule has 0 bridgehead atoms. The van der Waals surface area contributed by atoms with Gasteiger partial charge in [0.25, 0.3) is 0 Å². The lowest BCUT2D eigenvalue weighted by atomic mass is 9.96. The van der Waals surface area contributed by atoms with E-state index in [1.807, 2.05) is 18.7 Å². The summed E-state index contributed by atoms with van der Waals surface area (Å²) in [6.07, 6.45) is 0.567. The van der Waals surface area contributed by atoms with Gasteiger partial charge in [-0.1, -0.05) is 6.92 Å². The number of aliphatic hydroxyl groups is 1. The lowest BCUT2D eigenvalue weighted by Crippen LogP contribution is -2.43. The lowest BCUT2D eigenvalue weighted by molar-refractivity contribution is 0.102. The Kier molecular flexibility index (Phi) is 4.59. The van der Waals surface area contributed by atoms with Crippen LogP contribution >= 0.6 is 0 Å². The molecule has 112 valence electrons. The highest BCUT2D eigenvalue weighted by Gasteiger charge is 2.26. The third kappa shape index (κ3) is 3.47. The molecule has 1 saturated heterocycles. The fourth-order valence-electron chi connectivity index (χ4n) is 2.09. The van der Waals surface area contributed by atoms with Crippen molar-refractivity contribution in [2.24, 2.45) is 5.92 Å². The topological polar surface area (TPSA) is 83.4 Å². The third-order valence-electron chi connectivity index (χ3n) is 3.37. The maximum absolute atomic E-state index is 9.99. The zero-order valence-corrected chi connectivity index (χ0v) is 12.5. The van der Waals surface area contributed by atoms with Crippen LogP contribution in [0.4, 0.5) is 11.9 Å². The molecule has 1 fully saturated rings. The van der Waals surface area contributed by atoms with E-state index in [9.17, 15) is 5.11 Å². The number of aromatic nitrogens is 3. The summed E-state index contributed by atoms with van der Waals surface area (Å²) in [6.45, 7) is 7.27. The number of nitrogens with one attached hydrogen (secondary N) is 1. The third-order valence-corrected chi connectivity index (χ3v) is 3.37. The van der Waals surface area contributed by atoms with Gasteiger partial charge in [-0.25, -0.2) is 0 Å². The number of ether oxygens (including phenoxy) is 1. The van der Waals surface area contributed by atoms with Crippen LogP contribution in [0, 0.1) is 5.92 Å². The highest BCUT2D eigenvalue weighted by molar-refractivity contribution is 5.38. The van der Waals surface area contributed by atoms with E-state index in [1.165, 1.54) is 0 Å². The van der Waals surface area contributed by atoms with Crippen LogP contribution in [0.2, 0.25) is 0 Å². The van der Waals surface area contributed by atoms with Crippen LogP contribution in [0.25, 0.3) is 0 Å². The largest absolute Gasteiger partial charge is 0.461 e. The number of β-amino-alcohol motifs (C(OH)–C–C–N with tert-alkyl or cyclic N) is 1. The van der Waals surface area contributed by atoms with Gasteiger partial charge in [0.15, 0.2) is 0 Å². The van der Waals surface area contributed by atoms with Crippen LogP contribution in [0.1, 0.15) is 27.2 Å². The summed E-state index contributed by atoms with van der Waals surface area (Å²) in [7, 11) is 1.76. The highest BCUT2D eigenvalue weighted by Crippen LogP contribution is 2.22. The molecule has 0 spiro atoms. The average molecular weight is 281 g/mol. The van der Waals surface area contributed by atoms with Gasteiger partial charge in [0.05, 0.1) is 12.2 Å². The molecule has 0 aliphatic carbocycles. The molecule has 0 radical (unpaired) electrons. The second kappa shape index (κ2) is 6.21. The summed E-state index contributed by atoms with van der Waals surface area (Å²) in [6, 6.07) is 0.308. The van der Waals surface area contributed by atoms with Crippen molar-refractivity contribution >= 4 is 11.9 Å². The molecule has 7 nitrogen and oxygen atoms in total. The molecule has 2 atom stereocenters. The molecule has 1 aromatic heterocycles. The first-order chi connectivity index (χ1) is 9.49. The summed E-state index contributed by atoms with van der Waals surface area (Å²) in [4.78, 5) is 14.8. The average Bonchev–Trinajstić information content (AvgIpc) is 2.40. The Balaban J connectivity index is 2.21. The maximum atomic E-state index is 9.99. The first-order valence-electron chi connectivity index (χ1n) is 7.03. The van der Waals surface area contributed by atoms with Crippen LogP contribution in [0.5, 0.6) is 6.01 Å². The van der Waals surface area contributed by atoms with Gasteiger partial charge < -0.3 is 20.1 Å². The van der Waals surface area contributed by atoms with Crippen LogP contribution in [0.3, 0.4) is 0 Å². The van der Waals surface area contributed by atoms with Crippen molar-refractivity contribution < 1.29 is 9.84 Å². The Bertz CT molecular complexity index is 454. The molecule has 0 aromatic carbocycles. The quantitative estimate of drug-likeness (QED) is 0.848.